The summed E-state index contributed by atoms with van der Waals surface area (Å²) in [6, 6.07) is 0.850. The molecule has 0 spiro atoms. The first-order valence-electron chi connectivity index (χ1n) is 4.88. The van der Waals surface area contributed by atoms with Crippen molar-refractivity contribution < 1.29 is 18.1 Å². The van der Waals surface area contributed by atoms with Gasteiger partial charge in [0.25, 0.3) is 0 Å². The zero-order chi connectivity index (χ0) is 11.4. The largest absolute Gasteiger partial charge is 0.500 e. The number of hydrogen-bond acceptors (Lipinski definition) is 4. The minimum absolute atomic E-state index is 0.667. The van der Waals surface area contributed by atoms with Crippen LogP contribution in [0.15, 0.2) is 0 Å². The van der Waals surface area contributed by atoms with E-state index in [0.717, 1.165) is 6.04 Å². The highest BCUT2D eigenvalue weighted by Crippen LogP contribution is 2.14. The predicted molar refractivity (Wildman–Crippen MR) is 59.1 cm³/mol. The van der Waals surface area contributed by atoms with Crippen LogP contribution < -0.4 is 0 Å². The van der Waals surface area contributed by atoms with Crippen LogP contribution in [-0.2, 0) is 13.3 Å². The quantitative estimate of drug-likeness (QED) is 0.674. The molecule has 0 aliphatic heterocycles. The molecule has 0 amide bonds. The van der Waals surface area contributed by atoms with Crippen molar-refractivity contribution in [2.75, 3.05) is 19.8 Å². The summed E-state index contributed by atoms with van der Waals surface area (Å²) in [5, 5.41) is 0. The minimum Gasteiger partial charge on any atom is -0.433 e. The summed E-state index contributed by atoms with van der Waals surface area (Å²) < 4.78 is 16.7. The maximum atomic E-state index is 6.81. The lowest BCUT2D eigenvalue weighted by atomic mass is 10.9. The zero-order valence-corrected chi connectivity index (χ0v) is 11.5. The SMILES string of the molecule is CCO[Si](CC)(OCC)OCC.O[Si]. The van der Waals surface area contributed by atoms with Crippen LogP contribution in [0.5, 0.6) is 0 Å². The lowest BCUT2D eigenvalue weighted by Crippen LogP contribution is -2.45. The molecule has 6 heteroatoms. The van der Waals surface area contributed by atoms with Gasteiger partial charge >= 0.3 is 8.80 Å². The third-order valence-corrected chi connectivity index (χ3v) is 4.58. The summed E-state index contributed by atoms with van der Waals surface area (Å²) in [5.74, 6) is 0. The van der Waals surface area contributed by atoms with Gasteiger partial charge in [-0.25, -0.2) is 0 Å². The van der Waals surface area contributed by atoms with Crippen LogP contribution in [-0.4, -0.2) is 43.9 Å². The maximum absolute atomic E-state index is 6.81. The van der Waals surface area contributed by atoms with Gasteiger partial charge in [-0.2, -0.15) is 0 Å². The Balaban J connectivity index is 0. The topological polar surface area (TPSA) is 47.9 Å². The molecule has 85 valence electrons. The van der Waals surface area contributed by atoms with Crippen molar-refractivity contribution in [3.63, 3.8) is 0 Å². The summed E-state index contributed by atoms with van der Waals surface area (Å²) in [7, 11) is -0.297. The maximum Gasteiger partial charge on any atom is 0.500 e. The van der Waals surface area contributed by atoms with Crippen molar-refractivity contribution in [1.29, 1.82) is 0 Å². The van der Waals surface area contributed by atoms with Crippen LogP contribution in [0.2, 0.25) is 6.04 Å². The van der Waals surface area contributed by atoms with Crippen molar-refractivity contribution in [2.45, 2.75) is 33.7 Å². The summed E-state index contributed by atoms with van der Waals surface area (Å²) in [4.78, 5) is 6.81. The molecular formula is C8H21O4Si2. The van der Waals surface area contributed by atoms with Gasteiger partial charge in [0.15, 0.2) is 0 Å². The third-order valence-electron chi connectivity index (χ3n) is 1.53. The Bertz CT molecular complexity index is 96.5. The molecule has 0 rings (SSSR count). The van der Waals surface area contributed by atoms with Crippen molar-refractivity contribution in [2.24, 2.45) is 0 Å². The van der Waals surface area contributed by atoms with Crippen molar-refractivity contribution in [3.8, 4) is 0 Å². The van der Waals surface area contributed by atoms with E-state index in [1.165, 1.54) is 0 Å². The monoisotopic (exact) mass is 237 g/mol. The van der Waals surface area contributed by atoms with Gasteiger partial charge in [0.2, 0.25) is 10.5 Å². The molecule has 0 aliphatic rings. The fraction of sp³-hybridized carbons (Fsp3) is 1.00. The Morgan fingerprint density at radius 2 is 1.14 bits per heavy atom. The van der Waals surface area contributed by atoms with Crippen LogP contribution >= 0.6 is 0 Å². The highest BCUT2D eigenvalue weighted by Gasteiger charge is 2.37. The highest BCUT2D eigenvalue weighted by atomic mass is 28.4. The van der Waals surface area contributed by atoms with Gasteiger partial charge in [-0.15, -0.1) is 0 Å². The van der Waals surface area contributed by atoms with E-state index in [4.69, 9.17) is 18.1 Å². The average Bonchev–Trinajstić information content (AvgIpc) is 2.22. The van der Waals surface area contributed by atoms with Crippen molar-refractivity contribution >= 4 is 19.3 Å². The molecule has 0 saturated heterocycles. The minimum atomic E-state index is -2.27. The van der Waals surface area contributed by atoms with Crippen LogP contribution in [0.4, 0.5) is 0 Å². The standard InChI is InChI=1S/C8H20O3Si.HOSi/c1-5-9-12(8-4,10-6-2)11-7-3;1-2/h5-8H2,1-4H3;1H. The molecular weight excluding hydrogens is 216 g/mol. The predicted octanol–water partition coefficient (Wildman–Crippen LogP) is 1.12. The third kappa shape index (κ3) is 6.69. The average molecular weight is 237 g/mol. The zero-order valence-electron chi connectivity index (χ0n) is 9.50. The van der Waals surface area contributed by atoms with E-state index >= 15 is 0 Å². The van der Waals surface area contributed by atoms with Gasteiger partial charge in [-0.3, -0.25) is 0 Å². The molecule has 0 heterocycles. The van der Waals surface area contributed by atoms with Crippen LogP contribution in [0.1, 0.15) is 27.7 Å². The second-order valence-electron chi connectivity index (χ2n) is 2.34. The molecule has 0 aromatic rings. The van der Waals surface area contributed by atoms with E-state index in [1.807, 2.05) is 38.2 Å². The molecule has 14 heavy (non-hydrogen) atoms. The summed E-state index contributed by atoms with van der Waals surface area (Å²) in [6.07, 6.45) is 0. The van der Waals surface area contributed by atoms with E-state index in [9.17, 15) is 0 Å². The number of rotatable bonds is 7. The second kappa shape index (κ2) is 11.3. The fourth-order valence-corrected chi connectivity index (χ4v) is 3.27. The first-order valence-corrected chi connectivity index (χ1v) is 7.26. The van der Waals surface area contributed by atoms with Gasteiger partial charge in [0, 0.05) is 25.9 Å². The van der Waals surface area contributed by atoms with Gasteiger partial charge in [-0.05, 0) is 20.8 Å². The Morgan fingerprint density at radius 1 is 0.857 bits per heavy atom. The normalized spacial score (nSPS) is 10.7. The van der Waals surface area contributed by atoms with Gasteiger partial charge in [0.1, 0.15) is 0 Å². The second-order valence-corrected chi connectivity index (χ2v) is 5.27. The smallest absolute Gasteiger partial charge is 0.433 e. The van der Waals surface area contributed by atoms with E-state index in [1.54, 1.807) is 0 Å². The molecule has 0 unspecified atom stereocenters. The van der Waals surface area contributed by atoms with Gasteiger partial charge in [-0.1, -0.05) is 6.92 Å². The van der Waals surface area contributed by atoms with E-state index in [2.05, 4.69) is 0 Å². The first kappa shape index (κ1) is 16.7. The lowest BCUT2D eigenvalue weighted by molar-refractivity contribution is 0.0725. The van der Waals surface area contributed by atoms with Crippen LogP contribution in [0.25, 0.3) is 0 Å². The summed E-state index contributed by atoms with van der Waals surface area (Å²) in [5.41, 5.74) is 0. The summed E-state index contributed by atoms with van der Waals surface area (Å²) in [6.45, 7) is 9.95. The molecule has 3 radical (unpaired) electrons. The fourth-order valence-electron chi connectivity index (χ4n) is 1.09. The van der Waals surface area contributed by atoms with Crippen molar-refractivity contribution in [3.05, 3.63) is 0 Å². The van der Waals surface area contributed by atoms with Gasteiger partial charge < -0.3 is 18.1 Å². The van der Waals surface area contributed by atoms with E-state index in [0.29, 0.717) is 19.8 Å². The molecule has 0 saturated carbocycles. The molecule has 1 N–H and O–H groups in total. The Kier molecular flexibility index (Phi) is 13.5. The Hall–Kier alpha value is 0.274. The Morgan fingerprint density at radius 3 is 1.29 bits per heavy atom. The number of hydrogen-bond donors (Lipinski definition) is 1. The molecule has 0 bridgehead atoms. The molecule has 0 aromatic heterocycles. The molecule has 0 fully saturated rings. The van der Waals surface area contributed by atoms with Crippen LogP contribution in [0.3, 0.4) is 0 Å². The van der Waals surface area contributed by atoms with Gasteiger partial charge in [0.05, 0.1) is 0 Å². The molecule has 0 aromatic carbocycles. The lowest BCUT2D eigenvalue weighted by Gasteiger charge is -2.26. The first-order chi connectivity index (χ1) is 6.74. The van der Waals surface area contributed by atoms with E-state index < -0.39 is 8.80 Å². The molecule has 4 nitrogen and oxygen atoms in total. The summed E-state index contributed by atoms with van der Waals surface area (Å²) >= 11 is 0. The van der Waals surface area contributed by atoms with Crippen LogP contribution in [0, 0.1) is 0 Å². The molecule has 0 atom stereocenters. The highest BCUT2D eigenvalue weighted by molar-refractivity contribution is 6.60. The Labute approximate surface area is 91.5 Å². The molecule has 0 aliphatic carbocycles. The van der Waals surface area contributed by atoms with Crippen molar-refractivity contribution in [1.82, 2.24) is 0 Å². The van der Waals surface area contributed by atoms with E-state index in [-0.39, 0.29) is 0 Å².